The smallest absolute Gasteiger partial charge is 0.255 e. The second-order valence-corrected chi connectivity index (χ2v) is 7.33. The fourth-order valence-corrected chi connectivity index (χ4v) is 3.60. The van der Waals surface area contributed by atoms with Crippen LogP contribution in [0.15, 0.2) is 66.9 Å². The van der Waals surface area contributed by atoms with E-state index in [-0.39, 0.29) is 5.91 Å². The predicted octanol–water partition coefficient (Wildman–Crippen LogP) is 3.97. The number of nitrogens with one attached hydrogen (secondary N) is 1. The number of pyridine rings is 1. The van der Waals surface area contributed by atoms with Gasteiger partial charge >= 0.3 is 0 Å². The number of benzene rings is 2. The number of rotatable bonds is 4. The van der Waals surface area contributed by atoms with Crippen LogP contribution in [-0.2, 0) is 0 Å². The minimum atomic E-state index is -0.00429. The molecule has 1 aliphatic rings. The van der Waals surface area contributed by atoms with Crippen LogP contribution >= 0.6 is 0 Å². The molecule has 0 aliphatic carbocycles. The van der Waals surface area contributed by atoms with E-state index in [4.69, 9.17) is 0 Å². The Hall–Kier alpha value is -3.85. The zero-order valence-electron chi connectivity index (χ0n) is 16.9. The van der Waals surface area contributed by atoms with Crippen molar-refractivity contribution in [3.8, 4) is 6.07 Å². The molecule has 2 heterocycles. The summed E-state index contributed by atoms with van der Waals surface area (Å²) in [6.07, 6.45) is 1.59. The highest BCUT2D eigenvalue weighted by molar-refractivity contribution is 5.94. The van der Waals surface area contributed by atoms with E-state index in [1.54, 1.807) is 24.4 Å². The molecular weight excluding hydrogens is 374 g/mol. The molecule has 1 aromatic heterocycles. The molecule has 0 unspecified atom stereocenters. The quantitative estimate of drug-likeness (QED) is 0.721. The van der Waals surface area contributed by atoms with Gasteiger partial charge in [0.15, 0.2) is 0 Å². The third kappa shape index (κ3) is 4.26. The third-order valence-electron chi connectivity index (χ3n) is 5.25. The summed E-state index contributed by atoms with van der Waals surface area (Å²) in [6.45, 7) is 5.08. The fraction of sp³-hybridized carbons (Fsp3) is 0.208. The molecule has 1 fully saturated rings. The van der Waals surface area contributed by atoms with Crippen LogP contribution in [-0.4, -0.2) is 42.0 Å². The monoisotopic (exact) mass is 397 g/mol. The molecule has 1 N–H and O–H groups in total. The molecule has 6 heteroatoms. The van der Waals surface area contributed by atoms with Gasteiger partial charge in [-0.2, -0.15) is 5.26 Å². The van der Waals surface area contributed by atoms with Gasteiger partial charge < -0.3 is 15.1 Å². The van der Waals surface area contributed by atoms with Crippen LogP contribution in [0.2, 0.25) is 0 Å². The topological polar surface area (TPSA) is 72.3 Å². The maximum absolute atomic E-state index is 12.9. The highest BCUT2D eigenvalue weighted by Gasteiger charge is 2.22. The average molecular weight is 397 g/mol. The zero-order valence-corrected chi connectivity index (χ0v) is 16.9. The largest absolute Gasteiger partial charge is 0.368 e. The number of para-hydroxylation sites is 1. The summed E-state index contributed by atoms with van der Waals surface area (Å²) < 4.78 is 0. The molecular formula is C24H23N5O. The van der Waals surface area contributed by atoms with E-state index < -0.39 is 0 Å². The molecule has 6 nitrogen and oxygen atoms in total. The lowest BCUT2D eigenvalue weighted by atomic mass is 10.1. The highest BCUT2D eigenvalue weighted by Crippen LogP contribution is 2.21. The van der Waals surface area contributed by atoms with Crippen molar-refractivity contribution in [2.24, 2.45) is 0 Å². The van der Waals surface area contributed by atoms with Gasteiger partial charge in [0, 0.05) is 38.1 Å². The van der Waals surface area contributed by atoms with Crippen molar-refractivity contribution in [3.05, 3.63) is 83.6 Å². The summed E-state index contributed by atoms with van der Waals surface area (Å²) >= 11 is 0. The van der Waals surface area contributed by atoms with Gasteiger partial charge in [-0.25, -0.2) is 4.98 Å². The van der Waals surface area contributed by atoms with Gasteiger partial charge in [0.1, 0.15) is 11.9 Å². The lowest BCUT2D eigenvalue weighted by Gasteiger charge is -2.36. The molecule has 3 aromatic rings. The van der Waals surface area contributed by atoms with Crippen LogP contribution in [0.5, 0.6) is 0 Å². The van der Waals surface area contributed by atoms with Gasteiger partial charge in [0.25, 0.3) is 5.91 Å². The Balaban J connectivity index is 1.38. The Morgan fingerprint density at radius 3 is 2.53 bits per heavy atom. The predicted molar refractivity (Wildman–Crippen MR) is 118 cm³/mol. The summed E-state index contributed by atoms with van der Waals surface area (Å²) in [5.41, 5.74) is 4.25. The van der Waals surface area contributed by atoms with Crippen molar-refractivity contribution in [2.45, 2.75) is 6.92 Å². The summed E-state index contributed by atoms with van der Waals surface area (Å²) in [4.78, 5) is 21.4. The van der Waals surface area contributed by atoms with Crippen molar-refractivity contribution in [3.63, 3.8) is 0 Å². The first-order valence-corrected chi connectivity index (χ1v) is 9.97. The molecule has 0 saturated carbocycles. The Morgan fingerprint density at radius 1 is 1.03 bits per heavy atom. The van der Waals surface area contributed by atoms with Crippen molar-refractivity contribution in [1.82, 2.24) is 9.88 Å². The summed E-state index contributed by atoms with van der Waals surface area (Å²) in [7, 11) is 0. The van der Waals surface area contributed by atoms with Crippen LogP contribution in [0.25, 0.3) is 0 Å². The van der Waals surface area contributed by atoms with Gasteiger partial charge in [0.2, 0.25) is 0 Å². The average Bonchev–Trinajstić information content (AvgIpc) is 2.79. The van der Waals surface area contributed by atoms with E-state index in [1.165, 1.54) is 11.3 Å². The van der Waals surface area contributed by atoms with Crippen LogP contribution in [0.1, 0.15) is 21.5 Å². The number of aryl methyl sites for hydroxylation is 1. The number of amides is 1. The Bertz CT molecular complexity index is 1080. The van der Waals surface area contributed by atoms with E-state index >= 15 is 0 Å². The van der Waals surface area contributed by atoms with Crippen LogP contribution in [0.3, 0.4) is 0 Å². The van der Waals surface area contributed by atoms with Gasteiger partial charge in [-0.05, 0) is 48.9 Å². The van der Waals surface area contributed by atoms with Crippen molar-refractivity contribution in [1.29, 1.82) is 5.26 Å². The lowest BCUT2D eigenvalue weighted by Crippen LogP contribution is -2.48. The van der Waals surface area contributed by atoms with Crippen LogP contribution in [0.4, 0.5) is 17.2 Å². The van der Waals surface area contributed by atoms with Gasteiger partial charge in [-0.15, -0.1) is 0 Å². The molecule has 150 valence electrons. The summed E-state index contributed by atoms with van der Waals surface area (Å²) in [5.74, 6) is 0.592. The van der Waals surface area contributed by atoms with Gasteiger partial charge in [0.05, 0.1) is 16.8 Å². The zero-order chi connectivity index (χ0) is 20.9. The summed E-state index contributed by atoms with van der Waals surface area (Å²) in [5, 5.41) is 12.3. The second-order valence-electron chi connectivity index (χ2n) is 7.33. The minimum Gasteiger partial charge on any atom is -0.368 e. The molecule has 2 aromatic carbocycles. The Labute approximate surface area is 176 Å². The molecule has 0 spiro atoms. The number of nitriles is 1. The normalized spacial score (nSPS) is 13.6. The number of piperazine rings is 1. The minimum absolute atomic E-state index is 0.00429. The number of hydrogen-bond acceptors (Lipinski definition) is 5. The lowest BCUT2D eigenvalue weighted by molar-refractivity contribution is 0.0746. The van der Waals surface area contributed by atoms with Crippen molar-refractivity contribution in [2.75, 3.05) is 36.4 Å². The van der Waals surface area contributed by atoms with Crippen LogP contribution in [0, 0.1) is 18.3 Å². The Morgan fingerprint density at radius 2 is 1.83 bits per heavy atom. The SMILES string of the molecule is Cc1cccc(N2CCN(C(=O)c3ccc(Nc4ccccc4C#N)nc3)CC2)c1. The molecule has 30 heavy (non-hydrogen) atoms. The van der Waals surface area contributed by atoms with Gasteiger partial charge in [-0.3, -0.25) is 4.79 Å². The molecule has 1 amide bonds. The van der Waals surface area contributed by atoms with E-state index in [0.29, 0.717) is 35.7 Å². The standard InChI is InChI=1S/C24H23N5O/c1-18-5-4-7-21(15-18)28-11-13-29(14-12-28)24(30)20-9-10-23(26-17-20)27-22-8-3-2-6-19(22)16-25/h2-10,15,17H,11-14H2,1H3,(H,26,27). The molecule has 0 atom stereocenters. The molecule has 1 saturated heterocycles. The molecule has 0 bridgehead atoms. The summed E-state index contributed by atoms with van der Waals surface area (Å²) in [6, 6.07) is 21.4. The molecule has 1 aliphatic heterocycles. The first-order chi connectivity index (χ1) is 14.6. The molecule has 0 radical (unpaired) electrons. The Kier molecular flexibility index (Phi) is 5.62. The van der Waals surface area contributed by atoms with Crippen LogP contribution < -0.4 is 10.2 Å². The first-order valence-electron chi connectivity index (χ1n) is 9.97. The third-order valence-corrected chi connectivity index (χ3v) is 5.25. The van der Waals surface area contributed by atoms with Gasteiger partial charge in [-0.1, -0.05) is 24.3 Å². The number of nitrogens with zero attached hydrogens (tertiary/aromatic N) is 4. The van der Waals surface area contributed by atoms with Crippen molar-refractivity contribution >= 4 is 23.1 Å². The number of carbonyl (C=O) groups is 1. The number of aromatic nitrogens is 1. The van der Waals surface area contributed by atoms with E-state index in [1.807, 2.05) is 23.1 Å². The maximum Gasteiger partial charge on any atom is 0.255 e. The highest BCUT2D eigenvalue weighted by atomic mass is 16.2. The second kappa shape index (κ2) is 8.66. The van der Waals surface area contributed by atoms with E-state index in [2.05, 4.69) is 52.5 Å². The maximum atomic E-state index is 12.9. The fourth-order valence-electron chi connectivity index (χ4n) is 3.60. The number of carbonyl (C=O) groups excluding carboxylic acids is 1. The number of hydrogen-bond donors (Lipinski definition) is 1. The first kappa shape index (κ1) is 19.5. The van der Waals surface area contributed by atoms with E-state index in [9.17, 15) is 10.1 Å². The van der Waals surface area contributed by atoms with Crippen molar-refractivity contribution < 1.29 is 4.79 Å². The molecule has 4 rings (SSSR count). The number of anilines is 3. The van der Waals surface area contributed by atoms with E-state index in [0.717, 1.165) is 13.1 Å².